The molecule has 4 amide bonds. The van der Waals surface area contributed by atoms with Crippen molar-refractivity contribution in [2.24, 2.45) is 5.92 Å². The number of imide groups is 2. The van der Waals surface area contributed by atoms with Gasteiger partial charge in [-0.25, -0.2) is 17.8 Å². The SMILES string of the molecule is CS(=O)(=O)N1CCc2cccc(Nc3nc(Nc4ccc(N5CCC(N6CCN(CCC7CCN(c8ccc9c(c8)C(=O)N(C8CCC(=O)NC8=O)C9=O)CC7)CC6)CC5)c(F)c4)ncc3Cl)c21. The van der Waals surface area contributed by atoms with Crippen molar-refractivity contribution in [2.45, 2.75) is 63.5 Å². The number of nitrogens with one attached hydrogen (secondary N) is 3. The summed E-state index contributed by atoms with van der Waals surface area (Å²) < 4.78 is 42.1. The summed E-state index contributed by atoms with van der Waals surface area (Å²) in [6.45, 7) is 8.80. The molecule has 4 saturated heterocycles. The molecule has 0 aliphatic carbocycles. The first-order chi connectivity index (χ1) is 32.8. The molecule has 1 unspecified atom stereocenters. The van der Waals surface area contributed by atoms with E-state index in [1.807, 2.05) is 24.3 Å². The molecule has 10 rings (SSSR count). The van der Waals surface area contributed by atoms with Crippen LogP contribution >= 0.6 is 11.6 Å². The number of anilines is 7. The van der Waals surface area contributed by atoms with Gasteiger partial charge in [0.05, 0.1) is 40.6 Å². The van der Waals surface area contributed by atoms with Crippen molar-refractivity contribution in [3.63, 3.8) is 0 Å². The predicted molar refractivity (Wildman–Crippen MR) is 258 cm³/mol. The highest BCUT2D eigenvalue weighted by Gasteiger charge is 2.45. The zero-order chi connectivity index (χ0) is 47.3. The molecule has 20 heteroatoms. The summed E-state index contributed by atoms with van der Waals surface area (Å²) in [6.07, 6.45) is 8.62. The minimum absolute atomic E-state index is 0.0907. The molecule has 4 aromatic rings. The van der Waals surface area contributed by atoms with Crippen LogP contribution in [0.3, 0.4) is 0 Å². The molecule has 4 fully saturated rings. The van der Waals surface area contributed by atoms with E-state index in [1.54, 1.807) is 24.3 Å². The van der Waals surface area contributed by atoms with Gasteiger partial charge in [0.25, 0.3) is 11.8 Å². The fourth-order valence-electron chi connectivity index (χ4n) is 10.8. The zero-order valence-corrected chi connectivity index (χ0v) is 39.5. The average molecular weight is 969 g/mol. The number of hydrogen-bond donors (Lipinski definition) is 3. The Morgan fingerprint density at radius 1 is 0.809 bits per heavy atom. The predicted octanol–water partition coefficient (Wildman–Crippen LogP) is 5.37. The van der Waals surface area contributed by atoms with Crippen molar-refractivity contribution < 1.29 is 32.0 Å². The van der Waals surface area contributed by atoms with Crippen LogP contribution in [-0.4, -0.2) is 141 Å². The first-order valence-electron chi connectivity index (χ1n) is 23.5. The largest absolute Gasteiger partial charge is 0.371 e. The summed E-state index contributed by atoms with van der Waals surface area (Å²) in [4.78, 5) is 70.1. The molecule has 6 aliphatic rings. The van der Waals surface area contributed by atoms with Crippen LogP contribution in [0.2, 0.25) is 5.02 Å². The highest BCUT2D eigenvalue weighted by Crippen LogP contribution is 2.40. The number of sulfonamides is 1. The van der Waals surface area contributed by atoms with Crippen molar-refractivity contribution in [3.05, 3.63) is 88.3 Å². The molecule has 3 N–H and O–H groups in total. The van der Waals surface area contributed by atoms with Crippen LogP contribution in [0, 0.1) is 11.7 Å². The normalized spacial score (nSPS) is 21.1. The van der Waals surface area contributed by atoms with Gasteiger partial charge in [-0.2, -0.15) is 4.98 Å². The van der Waals surface area contributed by atoms with E-state index in [-0.39, 0.29) is 35.4 Å². The van der Waals surface area contributed by atoms with Crippen LogP contribution in [-0.2, 0) is 26.0 Å². The van der Waals surface area contributed by atoms with Crippen molar-refractivity contribution in [3.8, 4) is 0 Å². The Morgan fingerprint density at radius 3 is 2.29 bits per heavy atom. The van der Waals surface area contributed by atoms with Gasteiger partial charge in [0.2, 0.25) is 27.8 Å². The van der Waals surface area contributed by atoms with E-state index >= 15 is 4.39 Å². The molecule has 6 aliphatic heterocycles. The molecular weight excluding hydrogens is 913 g/mol. The molecular formula is C48H55ClFN11O6S. The minimum atomic E-state index is -3.48. The number of amides is 4. The maximum atomic E-state index is 15.7. The summed E-state index contributed by atoms with van der Waals surface area (Å²) in [7, 11) is -3.48. The third kappa shape index (κ3) is 9.32. The van der Waals surface area contributed by atoms with E-state index in [0.717, 1.165) is 107 Å². The lowest BCUT2D eigenvalue weighted by Gasteiger charge is -2.43. The van der Waals surface area contributed by atoms with Crippen LogP contribution in [0.1, 0.15) is 71.2 Å². The van der Waals surface area contributed by atoms with Crippen molar-refractivity contribution >= 4 is 85.5 Å². The van der Waals surface area contributed by atoms with Gasteiger partial charge in [-0.15, -0.1) is 0 Å². The molecule has 0 radical (unpaired) electrons. The highest BCUT2D eigenvalue weighted by atomic mass is 35.5. The van der Waals surface area contributed by atoms with Crippen LogP contribution in [0.5, 0.6) is 0 Å². The molecule has 358 valence electrons. The Bertz CT molecular complexity index is 2760. The van der Waals surface area contributed by atoms with Gasteiger partial charge in [0, 0.05) is 82.7 Å². The molecule has 68 heavy (non-hydrogen) atoms. The van der Waals surface area contributed by atoms with Crippen LogP contribution in [0.15, 0.2) is 60.8 Å². The number of aromatic nitrogens is 2. The Balaban J connectivity index is 0.656. The second-order valence-corrected chi connectivity index (χ2v) is 21.0. The lowest BCUT2D eigenvalue weighted by Crippen LogP contribution is -2.54. The molecule has 0 saturated carbocycles. The standard InChI is InChI=1S/C48H55ClFN11O6S/c1-68(66,67)60-22-14-31-3-2-4-39(43(31)60)53-44-37(49)29-51-48(55-44)52-32-5-8-40(38(50)27-32)59-20-15-33(16-21-59)58-25-23-56(24-26-58)17-11-30-12-18-57(19-13-30)34-6-7-35-36(28-34)47(65)61(46(35)64)41-9-10-42(62)54-45(41)63/h2-8,27-30,33,41H,9-26H2,1H3,(H,54,62,63)(H2,51,52,53,55). The monoisotopic (exact) mass is 967 g/mol. The van der Waals surface area contributed by atoms with Crippen LogP contribution in [0.4, 0.5) is 44.6 Å². The first-order valence-corrected chi connectivity index (χ1v) is 25.8. The van der Waals surface area contributed by atoms with Crippen LogP contribution in [0.25, 0.3) is 0 Å². The summed E-state index contributed by atoms with van der Waals surface area (Å²) in [5, 5.41) is 8.77. The van der Waals surface area contributed by atoms with Gasteiger partial charge in [0.15, 0.2) is 5.82 Å². The number of piperazine rings is 1. The first kappa shape index (κ1) is 45.9. The number of rotatable bonds is 12. The third-order valence-electron chi connectivity index (χ3n) is 14.5. The van der Waals surface area contributed by atoms with E-state index in [2.05, 4.69) is 45.5 Å². The van der Waals surface area contributed by atoms with E-state index < -0.39 is 39.7 Å². The molecule has 1 aromatic heterocycles. The van der Waals surface area contributed by atoms with Crippen LogP contribution < -0.4 is 30.1 Å². The van der Waals surface area contributed by atoms with Gasteiger partial charge in [-0.3, -0.25) is 38.6 Å². The Hall–Kier alpha value is -5.89. The van der Waals surface area contributed by atoms with E-state index in [1.165, 1.54) is 22.8 Å². The fourth-order valence-corrected chi connectivity index (χ4v) is 11.9. The van der Waals surface area contributed by atoms with E-state index in [4.69, 9.17) is 11.6 Å². The van der Waals surface area contributed by atoms with Crippen molar-refractivity contribution in [2.75, 3.05) is 96.4 Å². The summed E-state index contributed by atoms with van der Waals surface area (Å²) in [5.74, 6) is -1.20. The number of halogens is 2. The topological polar surface area (TPSA) is 184 Å². The smallest absolute Gasteiger partial charge is 0.262 e. The lowest BCUT2D eigenvalue weighted by atomic mass is 9.92. The molecule has 7 heterocycles. The second-order valence-electron chi connectivity index (χ2n) is 18.7. The molecule has 0 bridgehead atoms. The number of para-hydroxylation sites is 1. The number of benzene rings is 3. The van der Waals surface area contributed by atoms with Gasteiger partial charge in [0.1, 0.15) is 16.9 Å². The highest BCUT2D eigenvalue weighted by molar-refractivity contribution is 7.92. The van der Waals surface area contributed by atoms with Crippen molar-refractivity contribution in [1.29, 1.82) is 0 Å². The number of carbonyl (C=O) groups excluding carboxylic acids is 4. The minimum Gasteiger partial charge on any atom is -0.371 e. The maximum Gasteiger partial charge on any atom is 0.262 e. The second kappa shape index (κ2) is 18.9. The zero-order valence-electron chi connectivity index (χ0n) is 37.9. The fraction of sp³-hybridized carbons (Fsp3) is 0.458. The molecule has 17 nitrogen and oxygen atoms in total. The van der Waals surface area contributed by atoms with Crippen molar-refractivity contribution in [1.82, 2.24) is 30.0 Å². The van der Waals surface area contributed by atoms with Gasteiger partial charge in [-0.05, 0) is 105 Å². The number of hydrogen-bond acceptors (Lipinski definition) is 14. The Labute approximate surface area is 400 Å². The molecule has 0 spiro atoms. The quantitative estimate of drug-likeness (QED) is 0.154. The number of carbonyl (C=O) groups is 4. The Kier molecular flexibility index (Phi) is 12.7. The Morgan fingerprint density at radius 2 is 1.56 bits per heavy atom. The number of fused-ring (bicyclic) bond motifs is 2. The molecule has 1 atom stereocenters. The molecule has 3 aromatic carbocycles. The van der Waals surface area contributed by atoms with Gasteiger partial charge < -0.3 is 25.3 Å². The summed E-state index contributed by atoms with van der Waals surface area (Å²) in [5.41, 5.74) is 4.60. The average Bonchev–Trinajstić information content (AvgIpc) is 3.89. The van der Waals surface area contributed by atoms with E-state index in [9.17, 15) is 27.6 Å². The van der Waals surface area contributed by atoms with Gasteiger partial charge >= 0.3 is 0 Å². The maximum absolute atomic E-state index is 15.7. The number of nitrogens with zero attached hydrogens (tertiary/aromatic N) is 8. The summed E-state index contributed by atoms with van der Waals surface area (Å²) in [6, 6.07) is 15.4. The van der Waals surface area contributed by atoms with Gasteiger partial charge in [-0.1, -0.05) is 23.7 Å². The van der Waals surface area contributed by atoms with E-state index in [0.29, 0.717) is 58.8 Å². The lowest BCUT2D eigenvalue weighted by molar-refractivity contribution is -0.136. The number of piperidine rings is 3. The third-order valence-corrected chi connectivity index (χ3v) is 16.0. The summed E-state index contributed by atoms with van der Waals surface area (Å²) >= 11 is 6.48.